The average molecular weight is 356 g/mol. The molecule has 2 amide bonds. The number of piperidine rings is 1. The third kappa shape index (κ3) is 3.57. The highest BCUT2D eigenvalue weighted by Crippen LogP contribution is 2.35. The van der Waals surface area contributed by atoms with Crippen molar-refractivity contribution >= 4 is 17.5 Å². The molecule has 5 nitrogen and oxygen atoms in total. The number of anilines is 1. The summed E-state index contributed by atoms with van der Waals surface area (Å²) in [5, 5.41) is 2.94. The molecular weight excluding hydrogens is 328 g/mol. The minimum atomic E-state index is 0.0497. The molecule has 2 unspecified atom stereocenters. The van der Waals surface area contributed by atoms with Crippen molar-refractivity contribution < 1.29 is 14.3 Å². The van der Waals surface area contributed by atoms with Gasteiger partial charge in [-0.2, -0.15) is 0 Å². The monoisotopic (exact) mass is 356 g/mol. The predicted molar refractivity (Wildman–Crippen MR) is 100 cm³/mol. The van der Waals surface area contributed by atoms with Gasteiger partial charge in [0.15, 0.2) is 6.61 Å². The van der Waals surface area contributed by atoms with Crippen molar-refractivity contribution in [1.29, 1.82) is 0 Å². The van der Waals surface area contributed by atoms with E-state index >= 15 is 0 Å². The number of carbonyl (C=O) groups is 2. The van der Waals surface area contributed by atoms with Crippen LogP contribution in [0.5, 0.6) is 5.75 Å². The predicted octanol–water partition coefficient (Wildman–Crippen LogP) is 3.52. The van der Waals surface area contributed by atoms with Crippen LogP contribution in [-0.2, 0) is 16.0 Å². The topological polar surface area (TPSA) is 58.6 Å². The Balaban J connectivity index is 1.43. The van der Waals surface area contributed by atoms with Gasteiger partial charge in [-0.15, -0.1) is 0 Å². The fraction of sp³-hybridized carbons (Fsp3) is 0.619. The Morgan fingerprint density at radius 1 is 1.12 bits per heavy atom. The minimum Gasteiger partial charge on any atom is -0.483 e. The molecule has 0 bridgehead atoms. The number of likely N-dealkylation sites (tertiary alicyclic amines) is 1. The number of rotatable bonds is 3. The van der Waals surface area contributed by atoms with Crippen LogP contribution in [0.3, 0.4) is 0 Å². The van der Waals surface area contributed by atoms with Gasteiger partial charge < -0.3 is 15.0 Å². The van der Waals surface area contributed by atoms with Crippen molar-refractivity contribution in [2.45, 2.75) is 63.8 Å². The van der Waals surface area contributed by atoms with E-state index in [1.54, 1.807) is 0 Å². The van der Waals surface area contributed by atoms with Crippen molar-refractivity contribution in [2.24, 2.45) is 5.92 Å². The van der Waals surface area contributed by atoms with Crippen LogP contribution in [0.2, 0.25) is 0 Å². The lowest BCUT2D eigenvalue weighted by atomic mass is 9.78. The maximum Gasteiger partial charge on any atom is 0.260 e. The normalized spacial score (nSPS) is 25.5. The summed E-state index contributed by atoms with van der Waals surface area (Å²) in [5.41, 5.74) is 1.84. The van der Waals surface area contributed by atoms with E-state index in [1.165, 1.54) is 25.7 Å². The summed E-state index contributed by atoms with van der Waals surface area (Å²) >= 11 is 0. The summed E-state index contributed by atoms with van der Waals surface area (Å²) in [5.74, 6) is 1.57. The zero-order valence-electron chi connectivity index (χ0n) is 15.3. The third-order valence-electron chi connectivity index (χ3n) is 6.15. The number of carbonyl (C=O) groups excluding carboxylic acids is 2. The molecule has 2 aliphatic heterocycles. The van der Waals surface area contributed by atoms with Crippen LogP contribution < -0.4 is 10.1 Å². The summed E-state index contributed by atoms with van der Waals surface area (Å²) in [7, 11) is 0. The molecule has 26 heavy (non-hydrogen) atoms. The maximum atomic E-state index is 12.8. The first-order valence-corrected chi connectivity index (χ1v) is 10.1. The molecule has 2 heterocycles. The smallest absolute Gasteiger partial charge is 0.260 e. The second kappa shape index (κ2) is 7.68. The number of fused-ring (bicyclic) bond motifs is 2. The van der Waals surface area contributed by atoms with E-state index in [9.17, 15) is 9.59 Å². The lowest BCUT2D eigenvalue weighted by molar-refractivity contribution is -0.139. The lowest BCUT2D eigenvalue weighted by Gasteiger charge is -2.44. The van der Waals surface area contributed by atoms with Gasteiger partial charge in [-0.25, -0.2) is 0 Å². The Morgan fingerprint density at radius 2 is 1.96 bits per heavy atom. The largest absolute Gasteiger partial charge is 0.483 e. The van der Waals surface area contributed by atoms with E-state index in [2.05, 4.69) is 10.2 Å². The van der Waals surface area contributed by atoms with Crippen molar-refractivity contribution in [3.05, 3.63) is 23.8 Å². The van der Waals surface area contributed by atoms with E-state index in [0.717, 1.165) is 49.2 Å². The molecule has 1 aliphatic carbocycles. The van der Waals surface area contributed by atoms with Gasteiger partial charge in [-0.1, -0.05) is 18.9 Å². The van der Waals surface area contributed by atoms with E-state index in [4.69, 9.17) is 4.74 Å². The highest BCUT2D eigenvalue weighted by atomic mass is 16.5. The molecule has 140 valence electrons. The van der Waals surface area contributed by atoms with E-state index in [0.29, 0.717) is 18.4 Å². The van der Waals surface area contributed by atoms with Gasteiger partial charge in [-0.05, 0) is 56.6 Å². The molecule has 1 saturated heterocycles. The Labute approximate surface area is 155 Å². The number of amides is 2. The number of hydrogen-bond acceptors (Lipinski definition) is 3. The van der Waals surface area contributed by atoms with Gasteiger partial charge >= 0.3 is 0 Å². The standard InChI is InChI=1S/C21H28N2O3/c24-20-12-3-8-16-17(22-20)9-4-11-19(16)26-14-21(25)23-13-5-7-15-6-1-2-10-18(15)23/h4,9,11,15,18H,1-3,5-8,10,12-14H2,(H,22,24). The average Bonchev–Trinajstić information content (AvgIpc) is 2.86. The zero-order valence-corrected chi connectivity index (χ0v) is 15.3. The molecule has 5 heteroatoms. The number of benzene rings is 1. The van der Waals surface area contributed by atoms with Crippen LogP contribution in [0.25, 0.3) is 0 Å². The SMILES string of the molecule is O=C1CCCc2c(cccc2OCC(=O)N2CCCC3CCCCC32)N1. The van der Waals surface area contributed by atoms with Crippen molar-refractivity contribution in [3.8, 4) is 5.75 Å². The molecule has 1 N–H and O–H groups in total. The molecule has 2 atom stereocenters. The van der Waals surface area contributed by atoms with Crippen LogP contribution in [0.1, 0.15) is 56.9 Å². The van der Waals surface area contributed by atoms with E-state index < -0.39 is 0 Å². The molecule has 0 radical (unpaired) electrons. The van der Waals surface area contributed by atoms with Crippen LogP contribution in [0.15, 0.2) is 18.2 Å². The zero-order chi connectivity index (χ0) is 17.9. The summed E-state index contributed by atoms with van der Waals surface area (Å²) in [6, 6.07) is 6.11. The van der Waals surface area contributed by atoms with Crippen LogP contribution in [0.4, 0.5) is 5.69 Å². The molecule has 1 aromatic rings. The van der Waals surface area contributed by atoms with Crippen LogP contribution >= 0.6 is 0 Å². The molecular formula is C21H28N2O3. The summed E-state index contributed by atoms with van der Waals surface area (Å²) in [4.78, 5) is 26.7. The number of nitrogens with zero attached hydrogens (tertiary/aromatic N) is 1. The highest BCUT2D eigenvalue weighted by Gasteiger charge is 2.35. The van der Waals surface area contributed by atoms with Gasteiger partial charge in [0, 0.05) is 30.3 Å². The van der Waals surface area contributed by atoms with Crippen LogP contribution in [0, 0.1) is 5.92 Å². The summed E-state index contributed by atoms with van der Waals surface area (Å²) in [6.07, 6.45) is 9.46. The van der Waals surface area contributed by atoms with Gasteiger partial charge in [-0.3, -0.25) is 9.59 Å². The third-order valence-corrected chi connectivity index (χ3v) is 6.15. The molecule has 1 saturated carbocycles. The number of ether oxygens (including phenoxy) is 1. The molecule has 4 rings (SSSR count). The minimum absolute atomic E-state index is 0.0497. The summed E-state index contributed by atoms with van der Waals surface area (Å²) < 4.78 is 5.95. The van der Waals surface area contributed by atoms with E-state index in [1.807, 2.05) is 18.2 Å². The first-order chi connectivity index (χ1) is 12.7. The van der Waals surface area contributed by atoms with Gasteiger partial charge in [0.2, 0.25) is 5.91 Å². The fourth-order valence-electron chi connectivity index (χ4n) is 4.87. The van der Waals surface area contributed by atoms with Crippen molar-refractivity contribution in [3.63, 3.8) is 0 Å². The Bertz CT molecular complexity index is 686. The second-order valence-corrected chi connectivity index (χ2v) is 7.81. The Hall–Kier alpha value is -2.04. The lowest BCUT2D eigenvalue weighted by Crippen LogP contribution is -2.51. The number of hydrogen-bond donors (Lipinski definition) is 1. The molecule has 2 fully saturated rings. The number of nitrogens with one attached hydrogen (secondary N) is 1. The summed E-state index contributed by atoms with van der Waals surface area (Å²) in [6.45, 7) is 0.958. The molecule has 0 aromatic heterocycles. The first-order valence-electron chi connectivity index (χ1n) is 10.1. The Kier molecular flexibility index (Phi) is 5.14. The quantitative estimate of drug-likeness (QED) is 0.901. The fourth-order valence-corrected chi connectivity index (χ4v) is 4.87. The highest BCUT2D eigenvalue weighted by molar-refractivity contribution is 5.92. The first kappa shape index (κ1) is 17.4. The van der Waals surface area contributed by atoms with E-state index in [-0.39, 0.29) is 18.4 Å². The molecule has 3 aliphatic rings. The Morgan fingerprint density at radius 3 is 2.88 bits per heavy atom. The van der Waals surface area contributed by atoms with Gasteiger partial charge in [0.25, 0.3) is 5.91 Å². The van der Waals surface area contributed by atoms with Crippen molar-refractivity contribution in [2.75, 3.05) is 18.5 Å². The molecule has 1 aromatic carbocycles. The maximum absolute atomic E-state index is 12.8. The van der Waals surface area contributed by atoms with Gasteiger partial charge in [0.1, 0.15) is 5.75 Å². The molecule has 0 spiro atoms. The van der Waals surface area contributed by atoms with Gasteiger partial charge in [0.05, 0.1) is 0 Å². The second-order valence-electron chi connectivity index (χ2n) is 7.81. The van der Waals surface area contributed by atoms with Crippen molar-refractivity contribution in [1.82, 2.24) is 4.90 Å². The van der Waals surface area contributed by atoms with Crippen LogP contribution in [-0.4, -0.2) is 35.9 Å².